The molecule has 0 atom stereocenters. The van der Waals surface area contributed by atoms with E-state index in [4.69, 9.17) is 0 Å². The summed E-state index contributed by atoms with van der Waals surface area (Å²) in [6.45, 7) is 6.31. The highest BCUT2D eigenvalue weighted by Crippen LogP contribution is 2.29. The van der Waals surface area contributed by atoms with E-state index >= 15 is 0 Å². The minimum Gasteiger partial charge on any atom is -0.325 e. The van der Waals surface area contributed by atoms with Gasteiger partial charge < -0.3 is 5.32 Å². The van der Waals surface area contributed by atoms with Gasteiger partial charge in [0.25, 0.3) is 0 Å². The zero-order valence-electron chi connectivity index (χ0n) is 15.4. The lowest BCUT2D eigenvalue weighted by Crippen LogP contribution is -2.19. The van der Waals surface area contributed by atoms with Gasteiger partial charge >= 0.3 is 0 Å². The van der Waals surface area contributed by atoms with Crippen molar-refractivity contribution in [2.45, 2.75) is 31.3 Å². The molecule has 5 nitrogen and oxygen atoms in total. The predicted molar refractivity (Wildman–Crippen MR) is 106 cm³/mol. The minimum absolute atomic E-state index is 0.0740. The highest BCUT2D eigenvalue weighted by atomic mass is 32.2. The summed E-state index contributed by atoms with van der Waals surface area (Å²) in [5.74, 6) is -0.0164. The van der Waals surface area contributed by atoms with E-state index < -0.39 is 0 Å². The smallest absolute Gasteiger partial charge is 0.234 e. The maximum Gasteiger partial charge on any atom is 0.234 e. The van der Waals surface area contributed by atoms with Crippen LogP contribution in [-0.2, 0) is 10.2 Å². The van der Waals surface area contributed by atoms with Crippen molar-refractivity contribution in [1.29, 1.82) is 0 Å². The second-order valence-corrected chi connectivity index (χ2v) is 8.02. The fraction of sp³-hybridized carbons (Fsp3) is 0.250. The van der Waals surface area contributed by atoms with Crippen LogP contribution in [0.5, 0.6) is 0 Å². The lowest BCUT2D eigenvalue weighted by molar-refractivity contribution is -0.113. The standard InChI is InChI=1S/C20H21FN4OS/c1-20(2,3)14-9-5-7-11-16(14)22-17(26)12-27-19-23-18(24-25-19)13-8-4-6-10-15(13)21/h4-11H,12H2,1-3H3,(H,22,26)(H,23,24,25). The maximum absolute atomic E-state index is 13.8. The molecule has 3 rings (SSSR count). The van der Waals surface area contributed by atoms with E-state index in [2.05, 4.69) is 41.3 Å². The number of amides is 1. The molecular weight excluding hydrogens is 363 g/mol. The summed E-state index contributed by atoms with van der Waals surface area (Å²) in [5.41, 5.74) is 2.15. The quantitative estimate of drug-likeness (QED) is 0.629. The Hall–Kier alpha value is -2.67. The minimum atomic E-state index is -0.373. The number of carbonyl (C=O) groups is 1. The van der Waals surface area contributed by atoms with Gasteiger partial charge in [0.1, 0.15) is 5.82 Å². The normalized spacial score (nSPS) is 11.4. The summed E-state index contributed by atoms with van der Waals surface area (Å²) in [6.07, 6.45) is 0. The van der Waals surface area contributed by atoms with Crippen LogP contribution in [0.3, 0.4) is 0 Å². The third-order valence-corrected chi connectivity index (χ3v) is 4.78. The lowest BCUT2D eigenvalue weighted by atomic mass is 9.86. The first-order chi connectivity index (χ1) is 12.8. The number of anilines is 1. The first-order valence-corrected chi connectivity index (χ1v) is 9.52. The number of carbonyl (C=O) groups excluding carboxylic acids is 1. The zero-order valence-corrected chi connectivity index (χ0v) is 16.2. The summed E-state index contributed by atoms with van der Waals surface area (Å²) < 4.78 is 13.8. The maximum atomic E-state index is 13.8. The largest absolute Gasteiger partial charge is 0.325 e. The third-order valence-electron chi connectivity index (χ3n) is 3.94. The number of rotatable bonds is 5. The number of halogens is 1. The molecule has 0 fully saturated rings. The second-order valence-electron chi connectivity index (χ2n) is 7.08. The Labute approximate surface area is 161 Å². The molecule has 7 heteroatoms. The molecule has 1 heterocycles. The highest BCUT2D eigenvalue weighted by molar-refractivity contribution is 7.99. The van der Waals surface area contributed by atoms with E-state index in [1.54, 1.807) is 18.2 Å². The number of nitrogens with zero attached hydrogens (tertiary/aromatic N) is 2. The second kappa shape index (κ2) is 7.92. The van der Waals surface area contributed by atoms with Crippen LogP contribution in [0.4, 0.5) is 10.1 Å². The molecule has 1 aromatic heterocycles. The highest BCUT2D eigenvalue weighted by Gasteiger charge is 2.19. The summed E-state index contributed by atoms with van der Waals surface area (Å²) in [7, 11) is 0. The third kappa shape index (κ3) is 4.74. The molecule has 0 aliphatic heterocycles. The van der Waals surface area contributed by atoms with Gasteiger partial charge in [-0.05, 0) is 29.2 Å². The van der Waals surface area contributed by atoms with Crippen molar-refractivity contribution in [3.63, 3.8) is 0 Å². The Kier molecular flexibility index (Phi) is 5.60. The Bertz CT molecular complexity index is 949. The summed E-state index contributed by atoms with van der Waals surface area (Å²) in [4.78, 5) is 16.6. The molecule has 0 spiro atoms. The van der Waals surface area contributed by atoms with Crippen LogP contribution in [0.25, 0.3) is 11.4 Å². The predicted octanol–water partition coefficient (Wildman–Crippen LogP) is 4.64. The van der Waals surface area contributed by atoms with Crippen LogP contribution in [0, 0.1) is 5.82 Å². The molecule has 140 valence electrons. The van der Waals surface area contributed by atoms with Crippen molar-refractivity contribution in [2.24, 2.45) is 0 Å². The number of para-hydroxylation sites is 1. The summed E-state index contributed by atoms with van der Waals surface area (Å²) >= 11 is 1.19. The van der Waals surface area contributed by atoms with Gasteiger partial charge in [0, 0.05) is 5.69 Å². The fourth-order valence-corrected chi connectivity index (χ4v) is 3.25. The number of thioether (sulfide) groups is 1. The van der Waals surface area contributed by atoms with E-state index in [1.165, 1.54) is 17.8 Å². The molecule has 0 aliphatic carbocycles. The average Bonchev–Trinajstić information content (AvgIpc) is 3.09. The molecule has 27 heavy (non-hydrogen) atoms. The van der Waals surface area contributed by atoms with E-state index in [0.29, 0.717) is 16.5 Å². The van der Waals surface area contributed by atoms with Gasteiger partial charge in [0.2, 0.25) is 11.1 Å². The lowest BCUT2D eigenvalue weighted by Gasteiger charge is -2.22. The van der Waals surface area contributed by atoms with Crippen molar-refractivity contribution in [3.05, 3.63) is 59.9 Å². The molecule has 3 aromatic rings. The number of H-pyrrole nitrogens is 1. The van der Waals surface area contributed by atoms with Crippen molar-refractivity contribution in [1.82, 2.24) is 15.2 Å². The van der Waals surface area contributed by atoms with Crippen LogP contribution in [-0.4, -0.2) is 26.8 Å². The number of aromatic amines is 1. The van der Waals surface area contributed by atoms with Gasteiger partial charge in [0.15, 0.2) is 5.82 Å². The summed E-state index contributed by atoms with van der Waals surface area (Å²) in [5, 5.41) is 10.1. The van der Waals surface area contributed by atoms with Crippen LogP contribution in [0.15, 0.2) is 53.7 Å². The van der Waals surface area contributed by atoms with E-state index in [-0.39, 0.29) is 22.9 Å². The molecule has 2 N–H and O–H groups in total. The molecule has 0 radical (unpaired) electrons. The van der Waals surface area contributed by atoms with Crippen molar-refractivity contribution in [3.8, 4) is 11.4 Å². The van der Waals surface area contributed by atoms with Crippen LogP contribution in [0.2, 0.25) is 0 Å². The van der Waals surface area contributed by atoms with E-state index in [1.807, 2.05) is 24.3 Å². The van der Waals surface area contributed by atoms with E-state index in [9.17, 15) is 9.18 Å². The fourth-order valence-electron chi connectivity index (χ4n) is 2.65. The Morgan fingerprint density at radius 3 is 2.59 bits per heavy atom. The van der Waals surface area contributed by atoms with Gasteiger partial charge in [-0.25, -0.2) is 9.37 Å². The molecule has 0 bridgehead atoms. The molecule has 0 saturated heterocycles. The summed E-state index contributed by atoms with van der Waals surface area (Å²) in [6, 6.07) is 14.1. The number of nitrogens with one attached hydrogen (secondary N) is 2. The van der Waals surface area contributed by atoms with Crippen LogP contribution >= 0.6 is 11.8 Å². The van der Waals surface area contributed by atoms with Gasteiger partial charge in [-0.2, -0.15) is 0 Å². The Balaban J connectivity index is 1.64. The van der Waals surface area contributed by atoms with E-state index in [0.717, 1.165) is 11.3 Å². The average molecular weight is 384 g/mol. The molecule has 1 amide bonds. The zero-order chi connectivity index (χ0) is 19.4. The Morgan fingerprint density at radius 1 is 1.15 bits per heavy atom. The molecular formula is C20H21FN4OS. The van der Waals surface area contributed by atoms with Gasteiger partial charge in [-0.3, -0.25) is 9.89 Å². The SMILES string of the molecule is CC(C)(C)c1ccccc1NC(=O)CSc1n[nH]c(-c2ccccc2F)n1. The first-order valence-electron chi connectivity index (χ1n) is 8.54. The number of hydrogen-bond donors (Lipinski definition) is 2. The number of aromatic nitrogens is 3. The molecule has 2 aromatic carbocycles. The molecule has 0 unspecified atom stereocenters. The van der Waals surface area contributed by atoms with Gasteiger partial charge in [-0.15, -0.1) is 5.10 Å². The van der Waals surface area contributed by atoms with Crippen LogP contribution in [0.1, 0.15) is 26.3 Å². The van der Waals surface area contributed by atoms with Gasteiger partial charge in [-0.1, -0.05) is 62.9 Å². The number of benzene rings is 2. The Morgan fingerprint density at radius 2 is 1.85 bits per heavy atom. The number of hydrogen-bond acceptors (Lipinski definition) is 4. The monoisotopic (exact) mass is 384 g/mol. The van der Waals surface area contributed by atoms with Crippen molar-refractivity contribution in [2.75, 3.05) is 11.1 Å². The van der Waals surface area contributed by atoms with Gasteiger partial charge in [0.05, 0.1) is 11.3 Å². The molecule has 0 saturated carbocycles. The first kappa shape index (κ1) is 19.1. The van der Waals surface area contributed by atoms with Crippen molar-refractivity contribution < 1.29 is 9.18 Å². The topological polar surface area (TPSA) is 70.7 Å². The van der Waals surface area contributed by atoms with Crippen molar-refractivity contribution >= 4 is 23.4 Å². The molecule has 0 aliphatic rings. The van der Waals surface area contributed by atoms with Crippen LogP contribution < -0.4 is 5.32 Å².